The van der Waals surface area contributed by atoms with Crippen LogP contribution in [-0.2, 0) is 4.79 Å². The maximum atomic E-state index is 9.72. The van der Waals surface area contributed by atoms with Gasteiger partial charge in [0.25, 0.3) is 5.97 Å². The predicted molar refractivity (Wildman–Crippen MR) is 69.5 cm³/mol. The van der Waals surface area contributed by atoms with Crippen molar-refractivity contribution in [2.45, 2.75) is 32.9 Å². The summed E-state index contributed by atoms with van der Waals surface area (Å²) in [7, 11) is 0. The number of hydrogen-bond donors (Lipinski definition) is 4. The van der Waals surface area contributed by atoms with Gasteiger partial charge in [0, 0.05) is 19.5 Å². The summed E-state index contributed by atoms with van der Waals surface area (Å²) >= 11 is 0. The van der Waals surface area contributed by atoms with Crippen LogP contribution in [0.25, 0.3) is 0 Å². The zero-order valence-electron chi connectivity index (χ0n) is 10.9. The minimum atomic E-state index is -0.833. The Labute approximate surface area is 107 Å². The second kappa shape index (κ2) is 8.49. The molecule has 0 heterocycles. The van der Waals surface area contributed by atoms with Crippen LogP contribution in [0.15, 0.2) is 24.3 Å². The topological polar surface area (TPSA) is 89.8 Å². The first-order valence-corrected chi connectivity index (χ1v) is 5.72. The molecule has 18 heavy (non-hydrogen) atoms. The molecule has 0 fully saturated rings. The average molecular weight is 255 g/mol. The predicted octanol–water partition coefficient (Wildman–Crippen LogP) is 1.51. The number of aromatic hydroxyl groups is 1. The molecular formula is C13H21NO4. The van der Waals surface area contributed by atoms with Crippen molar-refractivity contribution in [1.29, 1.82) is 0 Å². The van der Waals surface area contributed by atoms with Crippen molar-refractivity contribution in [3.05, 3.63) is 29.8 Å². The summed E-state index contributed by atoms with van der Waals surface area (Å²) in [5.74, 6) is -0.613. The van der Waals surface area contributed by atoms with E-state index in [9.17, 15) is 5.11 Å². The van der Waals surface area contributed by atoms with E-state index in [4.69, 9.17) is 15.0 Å². The number of benzene rings is 1. The highest BCUT2D eigenvalue weighted by Gasteiger charge is 2.07. The summed E-state index contributed by atoms with van der Waals surface area (Å²) in [6.45, 7) is 5.68. The van der Waals surface area contributed by atoms with Crippen LogP contribution in [0, 0.1) is 0 Å². The Hall–Kier alpha value is -1.59. The minimum Gasteiger partial charge on any atom is -0.508 e. The molecule has 1 atom stereocenters. The van der Waals surface area contributed by atoms with Crippen molar-refractivity contribution in [3.8, 4) is 5.75 Å². The van der Waals surface area contributed by atoms with Gasteiger partial charge in [-0.05, 0) is 17.7 Å². The van der Waals surface area contributed by atoms with E-state index in [0.29, 0.717) is 12.6 Å². The number of carboxylic acids is 1. The van der Waals surface area contributed by atoms with Gasteiger partial charge in [-0.25, -0.2) is 0 Å². The van der Waals surface area contributed by atoms with E-state index in [-0.39, 0.29) is 5.75 Å². The maximum absolute atomic E-state index is 9.72. The normalized spacial score (nSPS) is 11.6. The van der Waals surface area contributed by atoms with Gasteiger partial charge in [0.05, 0.1) is 6.10 Å². The molecule has 1 unspecified atom stereocenters. The number of phenolic OH excluding ortho intramolecular Hbond substituents is 1. The Kier molecular flexibility index (Phi) is 7.74. The van der Waals surface area contributed by atoms with Crippen LogP contribution in [0.3, 0.4) is 0 Å². The third-order valence-electron chi connectivity index (χ3n) is 2.00. The van der Waals surface area contributed by atoms with Crippen LogP contribution in [0.4, 0.5) is 0 Å². The summed E-state index contributed by atoms with van der Waals surface area (Å²) < 4.78 is 0. The third kappa shape index (κ3) is 8.55. The molecule has 0 spiro atoms. The van der Waals surface area contributed by atoms with E-state index >= 15 is 0 Å². The molecule has 1 rings (SSSR count). The fourth-order valence-corrected chi connectivity index (χ4v) is 1.16. The molecule has 5 nitrogen and oxygen atoms in total. The SMILES string of the molecule is CC(=O)O.CC(C)NCC(O)c1ccc(O)cc1. The largest absolute Gasteiger partial charge is 0.508 e. The molecule has 0 amide bonds. The van der Waals surface area contributed by atoms with Crippen LogP contribution in [-0.4, -0.2) is 33.9 Å². The Morgan fingerprint density at radius 2 is 1.72 bits per heavy atom. The van der Waals surface area contributed by atoms with Gasteiger partial charge in [-0.2, -0.15) is 0 Å². The second-order valence-corrected chi connectivity index (χ2v) is 4.19. The number of aliphatic hydroxyl groups excluding tert-OH is 1. The number of phenols is 1. The highest BCUT2D eigenvalue weighted by atomic mass is 16.4. The van der Waals surface area contributed by atoms with Crippen LogP contribution in [0.5, 0.6) is 5.75 Å². The van der Waals surface area contributed by atoms with Crippen LogP contribution >= 0.6 is 0 Å². The highest BCUT2D eigenvalue weighted by molar-refractivity contribution is 5.62. The van der Waals surface area contributed by atoms with Gasteiger partial charge in [0.1, 0.15) is 5.75 Å². The lowest BCUT2D eigenvalue weighted by atomic mass is 10.1. The number of carboxylic acid groups (broad SMARTS) is 1. The first kappa shape index (κ1) is 16.4. The second-order valence-electron chi connectivity index (χ2n) is 4.19. The fraction of sp³-hybridized carbons (Fsp3) is 0.462. The van der Waals surface area contributed by atoms with Crippen molar-refractivity contribution >= 4 is 5.97 Å². The van der Waals surface area contributed by atoms with Gasteiger partial charge in [-0.1, -0.05) is 26.0 Å². The van der Waals surface area contributed by atoms with E-state index < -0.39 is 12.1 Å². The molecule has 1 aromatic carbocycles. The number of aliphatic hydroxyl groups is 1. The van der Waals surface area contributed by atoms with Gasteiger partial charge < -0.3 is 20.6 Å². The van der Waals surface area contributed by atoms with Crippen LogP contribution in [0.1, 0.15) is 32.4 Å². The molecule has 0 aliphatic heterocycles. The van der Waals surface area contributed by atoms with Gasteiger partial charge in [-0.15, -0.1) is 0 Å². The van der Waals surface area contributed by atoms with Gasteiger partial charge >= 0.3 is 0 Å². The number of carbonyl (C=O) groups is 1. The third-order valence-corrected chi connectivity index (χ3v) is 2.00. The summed E-state index contributed by atoms with van der Waals surface area (Å²) in [6, 6.07) is 6.97. The van der Waals surface area contributed by atoms with E-state index in [2.05, 4.69) is 5.32 Å². The Bertz CT molecular complexity index is 345. The maximum Gasteiger partial charge on any atom is 0.300 e. The highest BCUT2D eigenvalue weighted by Crippen LogP contribution is 2.15. The summed E-state index contributed by atoms with van der Waals surface area (Å²) in [5, 5.41) is 29.3. The molecule has 5 heteroatoms. The minimum absolute atomic E-state index is 0.220. The quantitative estimate of drug-likeness (QED) is 0.655. The van der Waals surface area contributed by atoms with Gasteiger partial charge in [0.2, 0.25) is 0 Å². The van der Waals surface area contributed by atoms with Crippen molar-refractivity contribution in [2.75, 3.05) is 6.54 Å². The van der Waals surface area contributed by atoms with E-state index in [1.165, 1.54) is 0 Å². The molecule has 0 aliphatic carbocycles. The molecule has 0 bridgehead atoms. The number of aliphatic carboxylic acids is 1. The molecule has 1 aromatic rings. The average Bonchev–Trinajstić information content (AvgIpc) is 2.26. The molecule has 0 radical (unpaired) electrons. The lowest BCUT2D eigenvalue weighted by molar-refractivity contribution is -0.134. The zero-order chi connectivity index (χ0) is 14.1. The molecule has 102 valence electrons. The Morgan fingerprint density at radius 3 is 2.11 bits per heavy atom. The molecule has 0 saturated carbocycles. The van der Waals surface area contributed by atoms with Crippen LogP contribution in [0.2, 0.25) is 0 Å². The Balaban J connectivity index is 0.000000631. The van der Waals surface area contributed by atoms with E-state index in [1.807, 2.05) is 13.8 Å². The monoisotopic (exact) mass is 255 g/mol. The van der Waals surface area contributed by atoms with Crippen LogP contribution < -0.4 is 5.32 Å². The molecule has 0 aromatic heterocycles. The van der Waals surface area contributed by atoms with Gasteiger partial charge in [-0.3, -0.25) is 4.79 Å². The summed E-state index contributed by atoms with van der Waals surface area (Å²) in [4.78, 5) is 9.00. The lowest BCUT2D eigenvalue weighted by Crippen LogP contribution is -2.27. The molecule has 4 N–H and O–H groups in total. The zero-order valence-corrected chi connectivity index (χ0v) is 10.9. The molecule has 0 aliphatic rings. The summed E-state index contributed by atoms with van der Waals surface area (Å²) in [5.41, 5.74) is 0.816. The van der Waals surface area contributed by atoms with Crippen molar-refractivity contribution in [3.63, 3.8) is 0 Å². The first-order chi connectivity index (χ1) is 8.32. The van der Waals surface area contributed by atoms with E-state index in [0.717, 1.165) is 12.5 Å². The van der Waals surface area contributed by atoms with Crippen molar-refractivity contribution in [1.82, 2.24) is 5.32 Å². The number of nitrogens with one attached hydrogen (secondary N) is 1. The van der Waals surface area contributed by atoms with Gasteiger partial charge in [0.15, 0.2) is 0 Å². The summed E-state index contributed by atoms with van der Waals surface area (Å²) in [6.07, 6.45) is -0.516. The smallest absolute Gasteiger partial charge is 0.300 e. The van der Waals surface area contributed by atoms with E-state index in [1.54, 1.807) is 24.3 Å². The first-order valence-electron chi connectivity index (χ1n) is 5.72. The fourth-order valence-electron chi connectivity index (χ4n) is 1.16. The number of rotatable bonds is 4. The standard InChI is InChI=1S/C11H17NO2.C2H4O2/c1-8(2)12-7-11(14)9-3-5-10(13)6-4-9;1-2(3)4/h3-6,8,11-14H,7H2,1-2H3;1H3,(H,3,4). The molecule has 0 saturated heterocycles. The molecular weight excluding hydrogens is 234 g/mol. The Morgan fingerprint density at radius 1 is 1.28 bits per heavy atom. The lowest BCUT2D eigenvalue weighted by Gasteiger charge is -2.14. The van der Waals surface area contributed by atoms with Crippen molar-refractivity contribution < 1.29 is 20.1 Å². The number of hydrogen-bond acceptors (Lipinski definition) is 4. The van der Waals surface area contributed by atoms with Crippen molar-refractivity contribution in [2.24, 2.45) is 0 Å².